The Hall–Kier alpha value is -1.38. The van der Waals surface area contributed by atoms with Crippen molar-refractivity contribution in [2.45, 2.75) is 0 Å². The molecule has 0 atom stereocenters. The maximum atomic E-state index is 5.21. The van der Waals surface area contributed by atoms with E-state index in [-0.39, 0.29) is 0 Å². The molecule has 1 aliphatic heterocycles. The van der Waals surface area contributed by atoms with Crippen LogP contribution in [0.3, 0.4) is 0 Å². The number of ether oxygens (including phenoxy) is 1. The van der Waals surface area contributed by atoms with Crippen LogP contribution in [0, 0.1) is 0 Å². The van der Waals surface area contributed by atoms with Crippen molar-refractivity contribution in [3.63, 3.8) is 0 Å². The molecule has 0 fully saturated rings. The molecule has 3 nitrogen and oxygen atoms in total. The van der Waals surface area contributed by atoms with E-state index in [0.29, 0.717) is 12.4 Å². The summed E-state index contributed by atoms with van der Waals surface area (Å²) in [6.45, 7) is 7.67. The molecule has 0 aliphatic carbocycles. The fourth-order valence-electron chi connectivity index (χ4n) is 0.881. The van der Waals surface area contributed by atoms with E-state index in [4.69, 9.17) is 4.74 Å². The summed E-state index contributed by atoms with van der Waals surface area (Å²) in [4.78, 5) is 7.60. The van der Waals surface area contributed by atoms with Crippen molar-refractivity contribution in [3.8, 4) is 0 Å². The van der Waals surface area contributed by atoms with Gasteiger partial charge in [-0.25, -0.2) is 0 Å². The number of rotatable bonds is 2. The molecule has 0 N–H and O–H groups in total. The zero-order chi connectivity index (χ0) is 8.27. The van der Waals surface area contributed by atoms with Crippen molar-refractivity contribution in [1.82, 2.24) is 0 Å². The van der Waals surface area contributed by atoms with Crippen molar-refractivity contribution in [2.75, 3.05) is 13.7 Å². The van der Waals surface area contributed by atoms with Gasteiger partial charge in [0.2, 0.25) is 0 Å². The average Bonchev–Trinajstić information content (AvgIpc) is 2.33. The summed E-state index contributed by atoms with van der Waals surface area (Å²) in [5.74, 6) is 0.660. The molecule has 0 spiro atoms. The van der Waals surface area contributed by atoms with E-state index in [9.17, 15) is 0 Å². The van der Waals surface area contributed by atoms with Gasteiger partial charge in [-0.2, -0.15) is 0 Å². The summed E-state index contributed by atoms with van der Waals surface area (Å²) in [5, 5.41) is 0. The van der Waals surface area contributed by atoms with Gasteiger partial charge in [-0.1, -0.05) is 6.58 Å². The predicted octanol–water partition coefficient (Wildman–Crippen LogP) is 1.19. The molecule has 58 valence electrons. The number of hydrogen-bond donors (Lipinski definition) is 0. The minimum absolute atomic E-state index is 0.496. The minimum Gasteiger partial charge on any atom is -0.485 e. The normalized spacial score (nSPS) is 17.7. The second kappa shape index (κ2) is 3.14. The smallest absolute Gasteiger partial charge is 0.163 e. The summed E-state index contributed by atoms with van der Waals surface area (Å²) in [6, 6.07) is 0. The van der Waals surface area contributed by atoms with E-state index in [1.165, 1.54) is 0 Å². The SMILES string of the molecule is C=NC1=C(C=NC)OCC1=C. The van der Waals surface area contributed by atoms with E-state index < -0.39 is 0 Å². The number of allylic oxidation sites excluding steroid dienone is 1. The molecule has 0 saturated heterocycles. The molecule has 0 aromatic heterocycles. The van der Waals surface area contributed by atoms with Crippen LogP contribution in [0.1, 0.15) is 0 Å². The third kappa shape index (κ3) is 1.37. The lowest BCUT2D eigenvalue weighted by Gasteiger charge is -1.92. The molecular weight excluding hydrogens is 140 g/mol. The third-order valence-corrected chi connectivity index (χ3v) is 1.37. The topological polar surface area (TPSA) is 34.0 Å². The first kappa shape index (κ1) is 7.72. The van der Waals surface area contributed by atoms with Gasteiger partial charge in [0.25, 0.3) is 0 Å². The maximum absolute atomic E-state index is 5.21. The molecule has 1 rings (SSSR count). The van der Waals surface area contributed by atoms with E-state index in [2.05, 4.69) is 23.3 Å². The van der Waals surface area contributed by atoms with Gasteiger partial charge in [-0.3, -0.25) is 9.98 Å². The molecule has 0 bridgehead atoms. The van der Waals surface area contributed by atoms with Crippen molar-refractivity contribution in [2.24, 2.45) is 9.98 Å². The van der Waals surface area contributed by atoms with Gasteiger partial charge in [-0.05, 0) is 6.72 Å². The molecule has 11 heavy (non-hydrogen) atoms. The number of hydrogen-bond acceptors (Lipinski definition) is 3. The third-order valence-electron chi connectivity index (χ3n) is 1.37. The monoisotopic (exact) mass is 150 g/mol. The summed E-state index contributed by atoms with van der Waals surface area (Å²) < 4.78 is 5.21. The quantitative estimate of drug-likeness (QED) is 0.544. The Bertz CT molecular complexity index is 251. The lowest BCUT2D eigenvalue weighted by molar-refractivity contribution is 0.283. The zero-order valence-electron chi connectivity index (χ0n) is 6.50. The Balaban J connectivity index is 2.97. The highest BCUT2D eigenvalue weighted by Gasteiger charge is 2.16. The highest BCUT2D eigenvalue weighted by atomic mass is 16.5. The second-order valence-corrected chi connectivity index (χ2v) is 2.15. The fraction of sp³-hybridized carbons (Fsp3) is 0.250. The van der Waals surface area contributed by atoms with Gasteiger partial charge in [0, 0.05) is 12.6 Å². The lowest BCUT2D eigenvalue weighted by Crippen LogP contribution is -1.85. The Morgan fingerprint density at radius 1 is 1.64 bits per heavy atom. The molecule has 0 aromatic rings. The maximum Gasteiger partial charge on any atom is 0.163 e. The minimum atomic E-state index is 0.496. The zero-order valence-corrected chi connectivity index (χ0v) is 6.50. The standard InChI is InChI=1S/C8H10N2O/c1-6-5-11-7(4-9-2)8(6)10-3/h4H,1,3,5H2,2H3. The molecule has 0 aromatic carbocycles. The van der Waals surface area contributed by atoms with E-state index in [0.717, 1.165) is 11.3 Å². The fourth-order valence-corrected chi connectivity index (χ4v) is 0.881. The van der Waals surface area contributed by atoms with Crippen LogP contribution in [0.25, 0.3) is 0 Å². The lowest BCUT2D eigenvalue weighted by atomic mass is 10.2. The van der Waals surface area contributed by atoms with Crippen LogP contribution in [0.5, 0.6) is 0 Å². The molecule has 3 heteroatoms. The van der Waals surface area contributed by atoms with E-state index in [1.54, 1.807) is 13.3 Å². The van der Waals surface area contributed by atoms with Crippen molar-refractivity contribution < 1.29 is 4.74 Å². The summed E-state index contributed by atoms with van der Waals surface area (Å²) >= 11 is 0. The molecular formula is C8H10N2O. The van der Waals surface area contributed by atoms with Crippen LogP contribution < -0.4 is 0 Å². The summed E-state index contributed by atoms with van der Waals surface area (Å²) in [5.41, 5.74) is 1.57. The molecule has 0 saturated carbocycles. The Labute approximate surface area is 65.8 Å². The van der Waals surface area contributed by atoms with Crippen LogP contribution >= 0.6 is 0 Å². The second-order valence-electron chi connectivity index (χ2n) is 2.15. The number of aliphatic imine (C=N–C) groups is 2. The predicted molar refractivity (Wildman–Crippen MR) is 46.1 cm³/mol. The van der Waals surface area contributed by atoms with Gasteiger partial charge in [0.1, 0.15) is 12.3 Å². The van der Waals surface area contributed by atoms with Crippen molar-refractivity contribution >= 4 is 12.9 Å². The van der Waals surface area contributed by atoms with Gasteiger partial charge in [0.05, 0.1) is 6.21 Å². The average molecular weight is 150 g/mol. The van der Waals surface area contributed by atoms with E-state index in [1.807, 2.05) is 0 Å². The van der Waals surface area contributed by atoms with Gasteiger partial charge < -0.3 is 4.74 Å². The molecule has 1 heterocycles. The summed E-state index contributed by atoms with van der Waals surface area (Å²) in [7, 11) is 1.68. The van der Waals surface area contributed by atoms with Crippen LogP contribution in [0.4, 0.5) is 0 Å². The largest absolute Gasteiger partial charge is 0.485 e. The first-order chi connectivity index (χ1) is 5.29. The Kier molecular flexibility index (Phi) is 2.21. The molecule has 0 radical (unpaired) electrons. The van der Waals surface area contributed by atoms with Crippen molar-refractivity contribution in [3.05, 3.63) is 23.6 Å². The first-order valence-corrected chi connectivity index (χ1v) is 3.23. The number of nitrogens with zero attached hydrogens (tertiary/aromatic N) is 2. The van der Waals surface area contributed by atoms with Crippen LogP contribution in [0.15, 0.2) is 33.6 Å². The molecule has 1 aliphatic rings. The van der Waals surface area contributed by atoms with Crippen molar-refractivity contribution in [1.29, 1.82) is 0 Å². The highest BCUT2D eigenvalue weighted by Crippen LogP contribution is 2.22. The Morgan fingerprint density at radius 3 is 2.91 bits per heavy atom. The molecule has 0 unspecified atom stereocenters. The van der Waals surface area contributed by atoms with Gasteiger partial charge in [0.15, 0.2) is 5.76 Å². The molecule has 0 amide bonds. The first-order valence-electron chi connectivity index (χ1n) is 3.23. The van der Waals surface area contributed by atoms with Crippen LogP contribution in [-0.4, -0.2) is 26.6 Å². The summed E-state index contributed by atoms with van der Waals surface area (Å²) in [6.07, 6.45) is 1.61. The van der Waals surface area contributed by atoms with Crippen LogP contribution in [-0.2, 0) is 4.74 Å². The highest BCUT2D eigenvalue weighted by molar-refractivity contribution is 5.79. The van der Waals surface area contributed by atoms with E-state index >= 15 is 0 Å². The van der Waals surface area contributed by atoms with Gasteiger partial charge in [-0.15, -0.1) is 0 Å². The van der Waals surface area contributed by atoms with Crippen LogP contribution in [0.2, 0.25) is 0 Å². The van der Waals surface area contributed by atoms with Gasteiger partial charge >= 0.3 is 0 Å². The Morgan fingerprint density at radius 2 is 2.36 bits per heavy atom.